The number of aliphatic imine (C=N–C) groups is 1. The van der Waals surface area contributed by atoms with Gasteiger partial charge < -0.3 is 14.9 Å². The Morgan fingerprint density at radius 3 is 2.25 bits per heavy atom. The largest absolute Gasteiger partial charge is 0.507 e. The molecule has 0 atom stereocenters. The summed E-state index contributed by atoms with van der Waals surface area (Å²) in [5.74, 6) is -1.00. The normalized spacial score (nSPS) is 15.5. The monoisotopic (exact) mass is 325 g/mol. The van der Waals surface area contributed by atoms with Crippen LogP contribution in [0.15, 0.2) is 41.4 Å². The van der Waals surface area contributed by atoms with Crippen molar-refractivity contribution >= 4 is 23.0 Å². The van der Waals surface area contributed by atoms with Crippen molar-refractivity contribution in [1.29, 1.82) is 0 Å². The van der Waals surface area contributed by atoms with Crippen molar-refractivity contribution in [3.63, 3.8) is 0 Å². The Morgan fingerprint density at radius 2 is 1.62 bits per heavy atom. The van der Waals surface area contributed by atoms with Crippen molar-refractivity contribution in [3.8, 4) is 17.2 Å². The zero-order valence-electron chi connectivity index (χ0n) is 12.9. The number of ether oxygens (including phenoxy) is 1. The lowest BCUT2D eigenvalue weighted by Crippen LogP contribution is -2.27. The van der Waals surface area contributed by atoms with Gasteiger partial charge in [0, 0.05) is 0 Å². The number of nitrogens with zero attached hydrogens (tertiary/aromatic N) is 1. The van der Waals surface area contributed by atoms with Crippen molar-refractivity contribution in [1.82, 2.24) is 0 Å². The van der Waals surface area contributed by atoms with Crippen LogP contribution in [0.1, 0.15) is 34.1 Å². The van der Waals surface area contributed by atoms with Gasteiger partial charge in [-0.2, -0.15) is 0 Å². The second kappa shape index (κ2) is 6.16. The average Bonchev–Trinajstić information content (AvgIpc) is 2.56. The number of carbonyl (C=O) groups excluding carboxylic acids is 2. The van der Waals surface area contributed by atoms with E-state index in [0.29, 0.717) is 18.0 Å². The number of hydrogen-bond donors (Lipinski definition) is 2. The summed E-state index contributed by atoms with van der Waals surface area (Å²) in [6.07, 6.45) is -0.226. The quantitative estimate of drug-likeness (QED) is 0.846. The van der Waals surface area contributed by atoms with Crippen LogP contribution in [0.25, 0.3) is 0 Å². The lowest BCUT2D eigenvalue weighted by Gasteiger charge is -2.17. The van der Waals surface area contributed by atoms with Gasteiger partial charge in [0.2, 0.25) is 5.78 Å². The van der Waals surface area contributed by atoms with E-state index < -0.39 is 11.6 Å². The third kappa shape index (κ3) is 2.74. The molecular formula is C18H15NO5. The number of fused-ring (bicyclic) bond motifs is 1. The molecular weight excluding hydrogens is 310 g/mol. The van der Waals surface area contributed by atoms with Gasteiger partial charge in [-0.05, 0) is 43.3 Å². The molecule has 0 amide bonds. The maximum Gasteiger partial charge on any atom is 0.212 e. The number of phenols is 2. The highest BCUT2D eigenvalue weighted by molar-refractivity contribution is 6.53. The zero-order valence-corrected chi connectivity index (χ0v) is 12.9. The summed E-state index contributed by atoms with van der Waals surface area (Å²) in [5.41, 5.74) is 0.178. The van der Waals surface area contributed by atoms with Crippen LogP contribution in [-0.4, -0.2) is 34.1 Å². The third-order valence-corrected chi connectivity index (χ3v) is 3.67. The van der Waals surface area contributed by atoms with Gasteiger partial charge in [-0.15, -0.1) is 0 Å². The Kier molecular flexibility index (Phi) is 4.04. The minimum Gasteiger partial charge on any atom is -0.507 e. The first-order chi connectivity index (χ1) is 11.5. The van der Waals surface area contributed by atoms with E-state index in [1.165, 1.54) is 12.1 Å². The van der Waals surface area contributed by atoms with Crippen LogP contribution < -0.4 is 4.74 Å². The SMILES string of the molecule is CCOc1ccc(N=C2CC(=O)c3c(O)ccc(O)c3C2=O)cc1. The van der Waals surface area contributed by atoms with Crippen LogP contribution in [0, 0.1) is 0 Å². The smallest absolute Gasteiger partial charge is 0.212 e. The maximum atomic E-state index is 12.5. The van der Waals surface area contributed by atoms with E-state index >= 15 is 0 Å². The molecule has 0 bridgehead atoms. The number of rotatable bonds is 3. The van der Waals surface area contributed by atoms with E-state index in [4.69, 9.17) is 4.74 Å². The van der Waals surface area contributed by atoms with Gasteiger partial charge in [0.05, 0.1) is 35.6 Å². The fourth-order valence-electron chi connectivity index (χ4n) is 2.59. The molecule has 0 heterocycles. The number of phenolic OH excluding ortho intramolecular Hbond substituents is 2. The molecule has 1 aliphatic carbocycles. The van der Waals surface area contributed by atoms with Crippen molar-refractivity contribution in [2.24, 2.45) is 4.99 Å². The van der Waals surface area contributed by atoms with Gasteiger partial charge >= 0.3 is 0 Å². The van der Waals surface area contributed by atoms with E-state index in [9.17, 15) is 19.8 Å². The highest BCUT2D eigenvalue weighted by Gasteiger charge is 2.34. The predicted octanol–water partition coefficient (Wildman–Crippen LogP) is 3.04. The number of aromatic hydroxyl groups is 2. The summed E-state index contributed by atoms with van der Waals surface area (Å²) in [5, 5.41) is 19.7. The molecule has 6 heteroatoms. The minimum absolute atomic E-state index is 0.0255. The van der Waals surface area contributed by atoms with Crippen LogP contribution in [0.4, 0.5) is 5.69 Å². The van der Waals surface area contributed by atoms with Gasteiger partial charge in [-0.1, -0.05) is 0 Å². The zero-order chi connectivity index (χ0) is 17.3. The van der Waals surface area contributed by atoms with E-state index in [-0.39, 0.29) is 34.8 Å². The fraction of sp³-hybridized carbons (Fsp3) is 0.167. The summed E-state index contributed by atoms with van der Waals surface area (Å²) in [6.45, 7) is 2.42. The van der Waals surface area contributed by atoms with Crippen LogP contribution in [-0.2, 0) is 0 Å². The Morgan fingerprint density at radius 1 is 1.00 bits per heavy atom. The molecule has 6 nitrogen and oxygen atoms in total. The predicted molar refractivity (Wildman–Crippen MR) is 87.8 cm³/mol. The maximum absolute atomic E-state index is 12.5. The summed E-state index contributed by atoms with van der Waals surface area (Å²) in [4.78, 5) is 29.0. The third-order valence-electron chi connectivity index (χ3n) is 3.67. The minimum atomic E-state index is -0.563. The molecule has 0 saturated heterocycles. The molecule has 2 N–H and O–H groups in total. The topological polar surface area (TPSA) is 96.2 Å². The van der Waals surface area contributed by atoms with E-state index in [0.717, 1.165) is 0 Å². The van der Waals surface area contributed by atoms with Gasteiger partial charge in [-0.25, -0.2) is 4.99 Å². The molecule has 0 unspecified atom stereocenters. The number of benzene rings is 2. The van der Waals surface area contributed by atoms with Crippen molar-refractivity contribution < 1.29 is 24.5 Å². The highest BCUT2D eigenvalue weighted by Crippen LogP contribution is 2.34. The molecule has 1 aliphatic rings. The number of hydrogen-bond acceptors (Lipinski definition) is 6. The fourth-order valence-corrected chi connectivity index (χ4v) is 2.59. The van der Waals surface area contributed by atoms with E-state index in [2.05, 4.69) is 4.99 Å². The summed E-state index contributed by atoms with van der Waals surface area (Å²) in [6, 6.07) is 9.15. The number of ketones is 2. The van der Waals surface area contributed by atoms with Crippen LogP contribution in [0.2, 0.25) is 0 Å². The lowest BCUT2D eigenvalue weighted by molar-refractivity contribution is 0.0960. The Balaban J connectivity index is 2.00. The lowest BCUT2D eigenvalue weighted by atomic mass is 9.86. The first-order valence-corrected chi connectivity index (χ1v) is 7.44. The van der Waals surface area contributed by atoms with E-state index in [1.807, 2.05) is 6.92 Å². The summed E-state index contributed by atoms with van der Waals surface area (Å²) in [7, 11) is 0. The van der Waals surface area contributed by atoms with Crippen LogP contribution >= 0.6 is 0 Å². The van der Waals surface area contributed by atoms with Crippen LogP contribution in [0.5, 0.6) is 17.2 Å². The van der Waals surface area contributed by atoms with E-state index in [1.54, 1.807) is 24.3 Å². The molecule has 0 fully saturated rings. The van der Waals surface area contributed by atoms with Crippen molar-refractivity contribution in [2.75, 3.05) is 6.61 Å². The molecule has 2 aromatic rings. The standard InChI is InChI=1S/C18H15NO5/c1-2-24-11-5-3-10(4-6-11)19-12-9-15(22)16-13(20)7-8-14(21)17(16)18(12)23/h3-8,20-21H,2,9H2,1H3. The molecule has 122 valence electrons. The van der Waals surface area contributed by atoms with Gasteiger partial charge in [0.25, 0.3) is 0 Å². The molecule has 0 spiro atoms. The number of carbonyl (C=O) groups is 2. The van der Waals surface area contributed by atoms with Crippen LogP contribution in [0.3, 0.4) is 0 Å². The first-order valence-electron chi connectivity index (χ1n) is 7.44. The molecule has 0 saturated carbocycles. The molecule has 0 radical (unpaired) electrons. The molecule has 0 aliphatic heterocycles. The molecule has 2 aromatic carbocycles. The van der Waals surface area contributed by atoms with Gasteiger partial charge in [0.1, 0.15) is 17.2 Å². The van der Waals surface area contributed by atoms with Gasteiger partial charge in [-0.3, -0.25) is 9.59 Å². The second-order valence-electron chi connectivity index (χ2n) is 5.27. The Hall–Kier alpha value is -3.15. The van der Waals surface area contributed by atoms with Crippen molar-refractivity contribution in [2.45, 2.75) is 13.3 Å². The number of Topliss-reactive ketones (excluding diaryl/α,β-unsaturated/α-hetero) is 2. The van der Waals surface area contributed by atoms with Gasteiger partial charge in [0.15, 0.2) is 5.78 Å². The average molecular weight is 325 g/mol. The first kappa shape index (κ1) is 15.7. The summed E-state index contributed by atoms with van der Waals surface area (Å²) < 4.78 is 5.33. The second-order valence-corrected chi connectivity index (χ2v) is 5.27. The highest BCUT2D eigenvalue weighted by atomic mass is 16.5. The molecule has 0 aromatic heterocycles. The Labute approximate surface area is 138 Å². The Bertz CT molecular complexity index is 852. The molecule has 24 heavy (non-hydrogen) atoms. The van der Waals surface area contributed by atoms with Crippen molar-refractivity contribution in [3.05, 3.63) is 47.5 Å². The summed E-state index contributed by atoms with van der Waals surface area (Å²) >= 11 is 0. The molecule has 3 rings (SSSR count).